The Balaban J connectivity index is 4.22. The summed E-state index contributed by atoms with van der Waals surface area (Å²) in [6.45, 7) is 9.73. The average molecular weight is 390 g/mol. The normalized spacial score (nSPS) is 13.9. The van der Waals surface area contributed by atoms with Crippen molar-refractivity contribution in [2.24, 2.45) is 11.5 Å². The van der Waals surface area contributed by atoms with Crippen LogP contribution in [-0.2, 0) is 28.5 Å². The van der Waals surface area contributed by atoms with E-state index in [-0.39, 0.29) is 19.3 Å². The van der Waals surface area contributed by atoms with E-state index in [1.54, 1.807) is 41.5 Å². The highest BCUT2D eigenvalue weighted by molar-refractivity contribution is 5.86. The fourth-order valence-corrected chi connectivity index (χ4v) is 1.65. The first-order valence-corrected chi connectivity index (χ1v) is 8.51. The third kappa shape index (κ3) is 12.7. The molecule has 0 aromatic carbocycles. The van der Waals surface area contributed by atoms with Crippen molar-refractivity contribution in [3.63, 3.8) is 0 Å². The molecule has 0 amide bonds. The van der Waals surface area contributed by atoms with Crippen LogP contribution < -0.4 is 11.5 Å². The second-order valence-corrected chi connectivity index (χ2v) is 7.91. The highest BCUT2D eigenvalue weighted by atomic mass is 16.8. The summed E-state index contributed by atoms with van der Waals surface area (Å²) in [6.07, 6.45) is -1.81. The molecule has 0 aliphatic heterocycles. The van der Waals surface area contributed by atoms with E-state index in [2.05, 4.69) is 9.47 Å². The van der Waals surface area contributed by atoms with Crippen molar-refractivity contribution < 1.29 is 38.1 Å². The molecule has 0 aliphatic carbocycles. The highest BCUT2D eigenvalue weighted by Crippen LogP contribution is 2.11. The number of hydrogen-bond acceptors (Lipinski definition) is 10. The van der Waals surface area contributed by atoms with Crippen LogP contribution in [0.5, 0.6) is 0 Å². The Morgan fingerprint density at radius 2 is 1.00 bits per heavy atom. The molecule has 0 radical (unpaired) electrons. The van der Waals surface area contributed by atoms with Gasteiger partial charge in [-0.25, -0.2) is 19.2 Å². The van der Waals surface area contributed by atoms with Crippen molar-refractivity contribution in [3.05, 3.63) is 0 Å². The van der Waals surface area contributed by atoms with Crippen molar-refractivity contribution in [1.82, 2.24) is 0 Å². The van der Waals surface area contributed by atoms with Crippen LogP contribution in [0.15, 0.2) is 0 Å². The molecule has 156 valence electrons. The molecule has 10 nitrogen and oxygen atoms in total. The molecule has 0 bridgehead atoms. The maximum Gasteiger partial charge on any atom is 0.516 e. The molecule has 0 rings (SSSR count). The predicted octanol–water partition coefficient (Wildman–Crippen LogP) is 1.77. The number of nitrogens with two attached hydrogens (primary N) is 2. The van der Waals surface area contributed by atoms with Gasteiger partial charge in [0.05, 0.1) is 0 Å². The Bertz CT molecular complexity index is 500. The number of esters is 2. The summed E-state index contributed by atoms with van der Waals surface area (Å²) in [4.78, 5) is 46.2. The Labute approximate surface area is 158 Å². The number of hydrogen-bond donors (Lipinski definition) is 2. The van der Waals surface area contributed by atoms with Crippen LogP contribution in [0, 0.1) is 0 Å². The van der Waals surface area contributed by atoms with Crippen LogP contribution >= 0.6 is 0 Å². The minimum atomic E-state index is -1.14. The Kier molecular flexibility index (Phi) is 9.38. The van der Waals surface area contributed by atoms with Gasteiger partial charge < -0.3 is 30.4 Å². The molecule has 0 fully saturated rings. The first-order chi connectivity index (χ1) is 12.1. The minimum absolute atomic E-state index is 0.106. The van der Waals surface area contributed by atoms with Crippen LogP contribution in [0.2, 0.25) is 0 Å². The molecule has 10 heteroatoms. The lowest BCUT2D eigenvalue weighted by atomic mass is 10.1. The smallest absolute Gasteiger partial charge is 0.428 e. The van der Waals surface area contributed by atoms with Gasteiger partial charge in [-0.05, 0) is 60.8 Å². The molecule has 4 N–H and O–H groups in total. The Morgan fingerprint density at radius 1 is 0.704 bits per heavy atom. The summed E-state index contributed by atoms with van der Waals surface area (Å²) < 4.78 is 18.6. The molecule has 0 saturated heterocycles. The minimum Gasteiger partial charge on any atom is -0.428 e. The van der Waals surface area contributed by atoms with Gasteiger partial charge >= 0.3 is 24.2 Å². The van der Waals surface area contributed by atoms with Crippen molar-refractivity contribution >= 4 is 24.2 Å². The zero-order valence-corrected chi connectivity index (χ0v) is 16.7. The van der Waals surface area contributed by atoms with Crippen molar-refractivity contribution in [3.8, 4) is 0 Å². The maximum absolute atomic E-state index is 11.7. The monoisotopic (exact) mass is 390 g/mol. The molecule has 0 aromatic heterocycles. The zero-order valence-electron chi connectivity index (χ0n) is 16.7. The van der Waals surface area contributed by atoms with E-state index in [0.29, 0.717) is 0 Å². The number of ether oxygens (including phenoxy) is 4. The molecule has 2 atom stereocenters. The van der Waals surface area contributed by atoms with E-state index < -0.39 is 47.5 Å². The van der Waals surface area contributed by atoms with E-state index in [4.69, 9.17) is 20.9 Å². The first-order valence-electron chi connectivity index (χ1n) is 8.51. The van der Waals surface area contributed by atoms with Gasteiger partial charge in [-0.1, -0.05) is 0 Å². The molecule has 0 heterocycles. The van der Waals surface area contributed by atoms with Gasteiger partial charge in [0.1, 0.15) is 23.3 Å². The molecule has 2 unspecified atom stereocenters. The third-order valence-electron chi connectivity index (χ3n) is 2.78. The lowest BCUT2D eigenvalue weighted by Gasteiger charge is -2.19. The zero-order chi connectivity index (χ0) is 21.4. The van der Waals surface area contributed by atoms with Crippen LogP contribution in [0.4, 0.5) is 9.59 Å². The average Bonchev–Trinajstić information content (AvgIpc) is 2.42. The van der Waals surface area contributed by atoms with E-state index in [9.17, 15) is 19.2 Å². The van der Waals surface area contributed by atoms with Gasteiger partial charge in [0.15, 0.2) is 0 Å². The highest BCUT2D eigenvalue weighted by Gasteiger charge is 2.26. The van der Waals surface area contributed by atoms with Gasteiger partial charge in [0.25, 0.3) is 0 Å². The van der Waals surface area contributed by atoms with Crippen molar-refractivity contribution in [1.29, 1.82) is 0 Å². The van der Waals surface area contributed by atoms with Gasteiger partial charge in [0.2, 0.25) is 0 Å². The fraction of sp³-hybridized carbons (Fsp3) is 0.765. The van der Waals surface area contributed by atoms with E-state index in [0.717, 1.165) is 0 Å². The summed E-state index contributed by atoms with van der Waals surface area (Å²) in [5.74, 6) is -1.90. The largest absolute Gasteiger partial charge is 0.516 e. The van der Waals surface area contributed by atoms with Crippen LogP contribution in [0.25, 0.3) is 0 Å². The second kappa shape index (κ2) is 10.2. The van der Waals surface area contributed by atoms with E-state index in [1.165, 1.54) is 0 Å². The third-order valence-corrected chi connectivity index (χ3v) is 2.78. The SMILES string of the molecule is CC(C)(C)OC(=O)OC(=O)C(N)CCCC(N)C(=O)OC(=O)OC(C)(C)C. The van der Waals surface area contributed by atoms with E-state index >= 15 is 0 Å². The lowest BCUT2D eigenvalue weighted by Crippen LogP contribution is -2.37. The summed E-state index contributed by atoms with van der Waals surface area (Å²) in [5, 5.41) is 0. The Hall–Kier alpha value is -2.20. The van der Waals surface area contributed by atoms with Crippen LogP contribution in [0.3, 0.4) is 0 Å². The molecule has 0 aliphatic rings. The molecule has 0 aromatic rings. The van der Waals surface area contributed by atoms with Crippen molar-refractivity contribution in [2.75, 3.05) is 0 Å². The van der Waals surface area contributed by atoms with Gasteiger partial charge in [-0.15, -0.1) is 0 Å². The standard InChI is InChI=1S/C17H30N2O8/c1-16(2,3)26-14(22)24-12(20)10(18)8-7-9-11(19)13(21)25-15(23)27-17(4,5)6/h10-11H,7-9,18-19H2,1-6H3. The summed E-state index contributed by atoms with van der Waals surface area (Å²) in [6, 6.07) is -2.18. The summed E-state index contributed by atoms with van der Waals surface area (Å²) in [7, 11) is 0. The molecular weight excluding hydrogens is 360 g/mol. The van der Waals surface area contributed by atoms with Crippen LogP contribution in [-0.4, -0.2) is 47.5 Å². The molecule has 27 heavy (non-hydrogen) atoms. The summed E-state index contributed by atoms with van der Waals surface area (Å²) >= 11 is 0. The molecule has 0 spiro atoms. The van der Waals surface area contributed by atoms with Gasteiger partial charge in [-0.3, -0.25) is 0 Å². The van der Waals surface area contributed by atoms with Crippen molar-refractivity contribution in [2.45, 2.75) is 84.1 Å². The van der Waals surface area contributed by atoms with Crippen LogP contribution in [0.1, 0.15) is 60.8 Å². The quantitative estimate of drug-likeness (QED) is 0.505. The fourth-order valence-electron chi connectivity index (χ4n) is 1.65. The summed E-state index contributed by atoms with van der Waals surface area (Å²) in [5.41, 5.74) is 9.65. The van der Waals surface area contributed by atoms with Gasteiger partial charge in [-0.2, -0.15) is 0 Å². The second-order valence-electron chi connectivity index (χ2n) is 7.91. The molecule has 0 saturated carbocycles. The first kappa shape index (κ1) is 24.8. The number of rotatable bonds is 6. The number of carbonyl (C=O) groups excluding carboxylic acids is 4. The van der Waals surface area contributed by atoms with Gasteiger partial charge in [0, 0.05) is 0 Å². The topological polar surface area (TPSA) is 157 Å². The lowest BCUT2D eigenvalue weighted by molar-refractivity contribution is -0.143. The van der Waals surface area contributed by atoms with E-state index in [1.807, 2.05) is 0 Å². The number of carbonyl (C=O) groups is 4. The molecular formula is C17H30N2O8. The predicted molar refractivity (Wildman–Crippen MR) is 94.5 cm³/mol. The maximum atomic E-state index is 11.7. The Morgan fingerprint density at radius 3 is 1.26 bits per heavy atom.